The van der Waals surface area contributed by atoms with Crippen LogP contribution in [0.1, 0.15) is 23.2 Å². The predicted octanol–water partition coefficient (Wildman–Crippen LogP) is 1.38. The third-order valence-corrected chi connectivity index (χ3v) is 3.00. The molecule has 6 heteroatoms. The quantitative estimate of drug-likeness (QED) is 0.404. The summed E-state index contributed by atoms with van der Waals surface area (Å²) >= 11 is 0. The van der Waals surface area contributed by atoms with Gasteiger partial charge in [-0.25, -0.2) is 4.98 Å². The fraction of sp³-hybridized carbons (Fsp3) is 0.286. The number of hydrogen-bond donors (Lipinski definition) is 3. The van der Waals surface area contributed by atoms with Crippen molar-refractivity contribution in [2.24, 2.45) is 5.84 Å². The zero-order valence-electron chi connectivity index (χ0n) is 11.2. The van der Waals surface area contributed by atoms with Gasteiger partial charge in [-0.15, -0.1) is 0 Å². The van der Waals surface area contributed by atoms with E-state index in [-0.39, 0.29) is 5.91 Å². The van der Waals surface area contributed by atoms with E-state index >= 15 is 0 Å². The Hall–Kier alpha value is -2.34. The number of nitrogens with one attached hydrogen (secondary N) is 2. The van der Waals surface area contributed by atoms with Crippen molar-refractivity contribution in [1.82, 2.24) is 14.9 Å². The van der Waals surface area contributed by atoms with Gasteiger partial charge in [0.25, 0.3) is 5.91 Å². The average Bonchev–Trinajstić information content (AvgIpc) is 3.00. The molecular weight excluding hydrogens is 254 g/mol. The maximum atomic E-state index is 11.9. The number of unbranched alkanes of at least 4 members (excludes halogenated alkanes) is 1. The summed E-state index contributed by atoms with van der Waals surface area (Å²) in [7, 11) is 0. The van der Waals surface area contributed by atoms with E-state index in [1.165, 1.54) is 0 Å². The van der Waals surface area contributed by atoms with Crippen molar-refractivity contribution in [3.05, 3.63) is 48.5 Å². The van der Waals surface area contributed by atoms with E-state index in [4.69, 9.17) is 5.84 Å². The molecule has 1 aromatic heterocycles. The van der Waals surface area contributed by atoms with Gasteiger partial charge in [0.1, 0.15) is 0 Å². The summed E-state index contributed by atoms with van der Waals surface area (Å²) in [5.74, 6) is 5.21. The first kappa shape index (κ1) is 14.1. The molecule has 0 unspecified atom stereocenters. The van der Waals surface area contributed by atoms with Crippen LogP contribution in [0.4, 0.5) is 5.69 Å². The molecule has 0 aliphatic heterocycles. The third kappa shape index (κ3) is 4.10. The molecule has 1 amide bonds. The lowest BCUT2D eigenvalue weighted by molar-refractivity contribution is 0.0953. The lowest BCUT2D eigenvalue weighted by Crippen LogP contribution is -2.24. The molecule has 0 saturated heterocycles. The van der Waals surface area contributed by atoms with Crippen molar-refractivity contribution in [2.75, 3.05) is 12.0 Å². The minimum Gasteiger partial charge on any atom is -0.352 e. The van der Waals surface area contributed by atoms with Crippen LogP contribution in [0.2, 0.25) is 0 Å². The minimum atomic E-state index is -0.0591. The molecule has 1 heterocycles. The molecule has 20 heavy (non-hydrogen) atoms. The number of carbonyl (C=O) groups is 1. The number of nitrogen functional groups attached to an aromatic ring is 1. The molecule has 4 N–H and O–H groups in total. The van der Waals surface area contributed by atoms with Crippen molar-refractivity contribution in [3.8, 4) is 0 Å². The molecule has 0 radical (unpaired) electrons. The normalized spacial score (nSPS) is 10.2. The lowest BCUT2D eigenvalue weighted by Gasteiger charge is -2.06. The van der Waals surface area contributed by atoms with Gasteiger partial charge in [0.15, 0.2) is 0 Å². The van der Waals surface area contributed by atoms with Crippen LogP contribution in [0.25, 0.3) is 0 Å². The van der Waals surface area contributed by atoms with Gasteiger partial charge in [-0.05, 0) is 37.1 Å². The number of imidazole rings is 1. The summed E-state index contributed by atoms with van der Waals surface area (Å²) in [6.45, 7) is 1.59. The molecule has 2 aromatic rings. The third-order valence-electron chi connectivity index (χ3n) is 3.00. The standard InChI is InChI=1S/C14H19N5O/c15-18-13-5-3-12(4-6-13)14(20)17-7-1-2-9-19-10-8-16-11-19/h3-6,8,10-11,18H,1-2,7,9,15H2,(H,17,20). The highest BCUT2D eigenvalue weighted by atomic mass is 16.1. The second kappa shape index (κ2) is 7.30. The number of anilines is 1. The van der Waals surface area contributed by atoms with Gasteiger partial charge in [0.2, 0.25) is 0 Å². The van der Waals surface area contributed by atoms with Crippen LogP contribution in [0, 0.1) is 0 Å². The van der Waals surface area contributed by atoms with Crippen molar-refractivity contribution >= 4 is 11.6 Å². The number of hydrazine groups is 1. The Balaban J connectivity index is 1.66. The fourth-order valence-electron chi connectivity index (χ4n) is 1.86. The number of nitrogens with zero attached hydrogens (tertiary/aromatic N) is 2. The number of aromatic nitrogens is 2. The molecule has 0 fully saturated rings. The lowest BCUT2D eigenvalue weighted by atomic mass is 10.2. The van der Waals surface area contributed by atoms with Crippen LogP contribution in [0.3, 0.4) is 0 Å². The molecule has 0 aliphatic rings. The van der Waals surface area contributed by atoms with Crippen molar-refractivity contribution in [3.63, 3.8) is 0 Å². The summed E-state index contributed by atoms with van der Waals surface area (Å²) in [4.78, 5) is 15.8. The van der Waals surface area contributed by atoms with E-state index in [1.807, 2.05) is 10.8 Å². The van der Waals surface area contributed by atoms with Crippen LogP contribution >= 0.6 is 0 Å². The second-order valence-electron chi connectivity index (χ2n) is 4.49. The van der Waals surface area contributed by atoms with E-state index in [1.54, 1.807) is 36.8 Å². The van der Waals surface area contributed by atoms with Gasteiger partial charge in [-0.1, -0.05) is 0 Å². The molecule has 0 aliphatic carbocycles. The predicted molar refractivity (Wildman–Crippen MR) is 78.0 cm³/mol. The maximum Gasteiger partial charge on any atom is 0.251 e. The SMILES string of the molecule is NNc1ccc(C(=O)NCCCCn2ccnc2)cc1. The summed E-state index contributed by atoms with van der Waals surface area (Å²) in [6, 6.07) is 7.04. The number of benzene rings is 1. The number of carbonyl (C=O) groups excluding carboxylic acids is 1. The maximum absolute atomic E-state index is 11.9. The van der Waals surface area contributed by atoms with E-state index < -0.39 is 0 Å². The van der Waals surface area contributed by atoms with Crippen LogP contribution in [-0.2, 0) is 6.54 Å². The van der Waals surface area contributed by atoms with Gasteiger partial charge < -0.3 is 15.3 Å². The first-order valence-electron chi connectivity index (χ1n) is 6.60. The minimum absolute atomic E-state index is 0.0591. The Kier molecular flexibility index (Phi) is 5.14. The van der Waals surface area contributed by atoms with Crippen molar-refractivity contribution in [1.29, 1.82) is 0 Å². The Bertz CT molecular complexity index is 521. The summed E-state index contributed by atoms with van der Waals surface area (Å²) in [6.07, 6.45) is 7.44. The number of hydrogen-bond acceptors (Lipinski definition) is 4. The largest absolute Gasteiger partial charge is 0.352 e. The fourth-order valence-corrected chi connectivity index (χ4v) is 1.86. The van der Waals surface area contributed by atoms with Gasteiger partial charge in [0.05, 0.1) is 6.33 Å². The molecular formula is C14H19N5O. The second-order valence-corrected chi connectivity index (χ2v) is 4.49. The molecule has 1 aromatic carbocycles. The van der Waals surface area contributed by atoms with E-state index in [2.05, 4.69) is 15.7 Å². The first-order valence-corrected chi connectivity index (χ1v) is 6.60. The zero-order valence-corrected chi connectivity index (χ0v) is 11.2. The Morgan fingerprint density at radius 3 is 2.70 bits per heavy atom. The summed E-state index contributed by atoms with van der Waals surface area (Å²) in [5.41, 5.74) is 3.94. The number of nitrogens with two attached hydrogens (primary N) is 1. The van der Waals surface area contributed by atoms with Gasteiger partial charge >= 0.3 is 0 Å². The average molecular weight is 273 g/mol. The Labute approximate surface area is 118 Å². The highest BCUT2D eigenvalue weighted by molar-refractivity contribution is 5.94. The van der Waals surface area contributed by atoms with Crippen LogP contribution in [0.5, 0.6) is 0 Å². The highest BCUT2D eigenvalue weighted by Crippen LogP contribution is 2.07. The molecule has 0 atom stereocenters. The first-order chi connectivity index (χ1) is 9.79. The van der Waals surface area contributed by atoms with Crippen molar-refractivity contribution < 1.29 is 4.79 Å². The Morgan fingerprint density at radius 2 is 2.05 bits per heavy atom. The Morgan fingerprint density at radius 1 is 1.25 bits per heavy atom. The monoisotopic (exact) mass is 273 g/mol. The van der Waals surface area contributed by atoms with Gasteiger partial charge in [0, 0.05) is 36.7 Å². The summed E-state index contributed by atoms with van der Waals surface area (Å²) in [5, 5.41) is 2.90. The number of aryl methyl sites for hydroxylation is 1. The van der Waals surface area contributed by atoms with Gasteiger partial charge in [-0.3, -0.25) is 10.6 Å². The van der Waals surface area contributed by atoms with E-state index in [9.17, 15) is 4.79 Å². The number of rotatable bonds is 7. The molecule has 0 saturated carbocycles. The summed E-state index contributed by atoms with van der Waals surface area (Å²) < 4.78 is 2.03. The van der Waals surface area contributed by atoms with Crippen LogP contribution in [-0.4, -0.2) is 22.0 Å². The number of amides is 1. The van der Waals surface area contributed by atoms with Gasteiger partial charge in [-0.2, -0.15) is 0 Å². The topological polar surface area (TPSA) is 85.0 Å². The van der Waals surface area contributed by atoms with Crippen LogP contribution in [0.15, 0.2) is 43.0 Å². The smallest absolute Gasteiger partial charge is 0.251 e. The molecule has 0 bridgehead atoms. The molecule has 106 valence electrons. The molecule has 0 spiro atoms. The molecule has 2 rings (SSSR count). The van der Waals surface area contributed by atoms with E-state index in [0.717, 1.165) is 25.1 Å². The van der Waals surface area contributed by atoms with E-state index in [0.29, 0.717) is 12.1 Å². The van der Waals surface area contributed by atoms with Crippen molar-refractivity contribution in [2.45, 2.75) is 19.4 Å². The highest BCUT2D eigenvalue weighted by Gasteiger charge is 2.04. The van der Waals surface area contributed by atoms with Crippen LogP contribution < -0.4 is 16.6 Å². The zero-order chi connectivity index (χ0) is 14.2. The molecule has 6 nitrogen and oxygen atoms in total.